The van der Waals surface area contributed by atoms with E-state index in [0.717, 1.165) is 22.8 Å². The fourth-order valence-corrected chi connectivity index (χ4v) is 5.39. The molecule has 3 aromatic carbocycles. The molecular formula is C31H33ClO8. The van der Waals surface area contributed by atoms with E-state index in [1.165, 1.54) is 0 Å². The summed E-state index contributed by atoms with van der Waals surface area (Å²) in [6.45, 7) is 2.42. The number of benzene rings is 3. The average Bonchev–Trinajstić information content (AvgIpc) is 2.94. The summed E-state index contributed by atoms with van der Waals surface area (Å²) in [5, 5.41) is 21.3. The molecule has 1 aliphatic rings. The third-order valence-electron chi connectivity index (χ3n) is 7.09. The molecule has 1 heterocycles. The number of Topliss-reactive ketones (excluding diaryl/α,β-unsaturated/α-hetero) is 1. The molecule has 0 saturated heterocycles. The van der Waals surface area contributed by atoms with Gasteiger partial charge in [0, 0.05) is 47.9 Å². The number of fused-ring (bicyclic) bond motifs is 2. The lowest BCUT2D eigenvalue weighted by Gasteiger charge is -2.44. The van der Waals surface area contributed by atoms with E-state index in [-0.39, 0.29) is 38.1 Å². The Hall–Kier alpha value is -3.62. The van der Waals surface area contributed by atoms with Crippen LogP contribution in [0.5, 0.6) is 11.5 Å². The van der Waals surface area contributed by atoms with Crippen LogP contribution in [0.15, 0.2) is 54.6 Å². The lowest BCUT2D eigenvalue weighted by Crippen LogP contribution is -2.56. The molecule has 0 spiro atoms. The molecular weight excluding hydrogens is 536 g/mol. The van der Waals surface area contributed by atoms with E-state index < -0.39 is 23.6 Å². The van der Waals surface area contributed by atoms with E-state index in [9.17, 15) is 24.6 Å². The molecule has 4 rings (SSSR count). The predicted molar refractivity (Wildman–Crippen MR) is 151 cm³/mol. The van der Waals surface area contributed by atoms with Gasteiger partial charge in [0.15, 0.2) is 11.9 Å². The predicted octanol–water partition coefficient (Wildman–Crippen LogP) is 6.34. The Labute approximate surface area is 237 Å². The summed E-state index contributed by atoms with van der Waals surface area (Å²) in [5.41, 5.74) is -0.246. The molecule has 1 aliphatic heterocycles. The minimum Gasteiger partial charge on any atom is -0.493 e. The van der Waals surface area contributed by atoms with Crippen LogP contribution in [0.1, 0.15) is 61.4 Å². The van der Waals surface area contributed by atoms with Crippen LogP contribution in [-0.2, 0) is 20.7 Å². The Kier molecular flexibility index (Phi) is 9.66. The minimum atomic E-state index is -1.43. The van der Waals surface area contributed by atoms with Crippen molar-refractivity contribution in [2.45, 2.75) is 63.6 Å². The fraction of sp³-hybridized carbons (Fsp3) is 0.387. The molecule has 1 unspecified atom stereocenters. The van der Waals surface area contributed by atoms with Crippen molar-refractivity contribution < 1.29 is 38.8 Å². The van der Waals surface area contributed by atoms with Gasteiger partial charge < -0.3 is 24.4 Å². The Morgan fingerprint density at radius 1 is 0.950 bits per heavy atom. The summed E-state index contributed by atoms with van der Waals surface area (Å²) in [4.78, 5) is 36.9. The first-order valence-electron chi connectivity index (χ1n) is 13.5. The highest BCUT2D eigenvalue weighted by Gasteiger charge is 2.51. The summed E-state index contributed by atoms with van der Waals surface area (Å²) in [6, 6.07) is 16.5. The normalized spacial score (nSPS) is 15.8. The summed E-state index contributed by atoms with van der Waals surface area (Å²) in [6.07, 6.45) is -0.00143. The van der Waals surface area contributed by atoms with Gasteiger partial charge in [-0.1, -0.05) is 61.3 Å². The standard InChI is InChI=1S/C31H33ClO8/c1-2-7-20-8-5-11-23-28(37)30(31(40-29(20)23,16-14-26(33)34)17-15-27(35)36)39-19-6-18-38-25-13-12-24(32)21-9-3-4-10-22(21)25/h3-5,8-13,30H,2,6-7,14-19H2,1H3,(H,33,34)(H,35,36). The molecule has 9 heteroatoms. The number of para-hydroxylation sites is 1. The van der Waals surface area contributed by atoms with Gasteiger partial charge in [-0.15, -0.1) is 0 Å². The zero-order valence-corrected chi connectivity index (χ0v) is 23.1. The highest BCUT2D eigenvalue weighted by molar-refractivity contribution is 6.35. The van der Waals surface area contributed by atoms with Crippen LogP contribution in [0.3, 0.4) is 0 Å². The maximum Gasteiger partial charge on any atom is 0.303 e. The molecule has 40 heavy (non-hydrogen) atoms. The van der Waals surface area contributed by atoms with Crippen molar-refractivity contribution in [3.63, 3.8) is 0 Å². The molecule has 3 aromatic rings. The van der Waals surface area contributed by atoms with Crippen molar-refractivity contribution >= 4 is 40.1 Å². The zero-order valence-electron chi connectivity index (χ0n) is 22.4. The van der Waals surface area contributed by atoms with Gasteiger partial charge in [-0.25, -0.2) is 0 Å². The number of carboxylic acids is 2. The molecule has 0 bridgehead atoms. The maximum atomic E-state index is 13.8. The number of rotatable bonds is 14. The van der Waals surface area contributed by atoms with Crippen molar-refractivity contribution in [2.75, 3.05) is 13.2 Å². The van der Waals surface area contributed by atoms with Crippen molar-refractivity contribution in [3.8, 4) is 11.5 Å². The highest BCUT2D eigenvalue weighted by atomic mass is 35.5. The van der Waals surface area contributed by atoms with Gasteiger partial charge in [0.1, 0.15) is 17.1 Å². The monoisotopic (exact) mass is 568 g/mol. The first-order chi connectivity index (χ1) is 19.3. The molecule has 0 aliphatic carbocycles. The second-order valence-corrected chi connectivity index (χ2v) is 10.3. The van der Waals surface area contributed by atoms with Gasteiger partial charge in [-0.2, -0.15) is 0 Å². The Balaban J connectivity index is 1.54. The van der Waals surface area contributed by atoms with Crippen molar-refractivity contribution in [2.24, 2.45) is 0 Å². The van der Waals surface area contributed by atoms with E-state index in [1.54, 1.807) is 24.3 Å². The number of aliphatic carboxylic acids is 2. The van der Waals surface area contributed by atoms with Crippen molar-refractivity contribution in [1.29, 1.82) is 0 Å². The van der Waals surface area contributed by atoms with Gasteiger partial charge in [0.2, 0.25) is 0 Å². The van der Waals surface area contributed by atoms with Gasteiger partial charge in [0.25, 0.3) is 0 Å². The molecule has 0 amide bonds. The average molecular weight is 569 g/mol. The van der Waals surface area contributed by atoms with E-state index in [0.29, 0.717) is 41.5 Å². The van der Waals surface area contributed by atoms with Crippen molar-refractivity contribution in [1.82, 2.24) is 0 Å². The number of hydrogen-bond acceptors (Lipinski definition) is 6. The van der Waals surface area contributed by atoms with Crippen LogP contribution in [0.2, 0.25) is 5.02 Å². The molecule has 0 fully saturated rings. The molecule has 2 N–H and O–H groups in total. The lowest BCUT2D eigenvalue weighted by atomic mass is 9.79. The first-order valence-corrected chi connectivity index (χ1v) is 13.8. The largest absolute Gasteiger partial charge is 0.493 e. The Morgan fingerprint density at radius 2 is 1.65 bits per heavy atom. The second kappa shape index (κ2) is 13.2. The van der Waals surface area contributed by atoms with Crippen LogP contribution in [0, 0.1) is 0 Å². The number of ether oxygens (including phenoxy) is 3. The number of carboxylic acid groups (broad SMARTS) is 2. The molecule has 0 radical (unpaired) electrons. The molecule has 1 atom stereocenters. The van der Waals surface area contributed by atoms with Crippen LogP contribution in [0.4, 0.5) is 0 Å². The van der Waals surface area contributed by atoms with E-state index in [4.69, 9.17) is 25.8 Å². The number of aryl methyl sites for hydroxylation is 1. The van der Waals surface area contributed by atoms with Crippen LogP contribution in [-0.4, -0.2) is 52.9 Å². The third-order valence-corrected chi connectivity index (χ3v) is 7.42. The minimum absolute atomic E-state index is 0.0703. The quantitative estimate of drug-likeness (QED) is 0.216. The van der Waals surface area contributed by atoms with Gasteiger partial charge in [-0.05, 0) is 30.2 Å². The number of carbonyl (C=O) groups excluding carboxylic acids is 1. The summed E-state index contributed by atoms with van der Waals surface area (Å²) >= 11 is 6.30. The topological polar surface area (TPSA) is 119 Å². The van der Waals surface area contributed by atoms with Crippen molar-refractivity contribution in [3.05, 3.63) is 70.7 Å². The highest BCUT2D eigenvalue weighted by Crippen LogP contribution is 2.43. The maximum absolute atomic E-state index is 13.8. The second-order valence-electron chi connectivity index (χ2n) is 9.91. The molecule has 0 aromatic heterocycles. The molecule has 8 nitrogen and oxygen atoms in total. The van der Waals surface area contributed by atoms with Crippen LogP contribution in [0.25, 0.3) is 10.8 Å². The summed E-state index contributed by atoms with van der Waals surface area (Å²) in [5.74, 6) is -1.41. The smallest absolute Gasteiger partial charge is 0.303 e. The first kappa shape index (κ1) is 29.4. The fourth-order valence-electron chi connectivity index (χ4n) is 5.16. The van der Waals surface area contributed by atoms with Gasteiger partial charge in [-0.3, -0.25) is 14.4 Å². The number of carbonyl (C=O) groups is 3. The van der Waals surface area contributed by atoms with E-state index >= 15 is 0 Å². The molecule has 0 saturated carbocycles. The number of hydrogen-bond donors (Lipinski definition) is 2. The van der Waals surface area contributed by atoms with Gasteiger partial charge >= 0.3 is 11.9 Å². The van der Waals surface area contributed by atoms with Crippen LogP contribution < -0.4 is 9.47 Å². The molecule has 212 valence electrons. The third kappa shape index (κ3) is 6.57. The zero-order chi connectivity index (χ0) is 28.7. The van der Waals surface area contributed by atoms with Crippen LogP contribution >= 0.6 is 11.6 Å². The Bertz CT molecular complexity index is 1370. The number of halogens is 1. The summed E-state index contributed by atoms with van der Waals surface area (Å²) < 4.78 is 18.6. The Morgan fingerprint density at radius 3 is 2.33 bits per heavy atom. The SMILES string of the molecule is CCCc1cccc2c1OC(CCC(=O)O)(CCC(=O)O)C(OCCCOc1ccc(Cl)c3ccccc13)C2=O. The van der Waals surface area contributed by atoms with E-state index in [2.05, 4.69) is 0 Å². The lowest BCUT2D eigenvalue weighted by molar-refractivity contribution is -0.143. The van der Waals surface area contributed by atoms with Gasteiger partial charge in [0.05, 0.1) is 18.8 Å². The number of ketones is 1. The summed E-state index contributed by atoms with van der Waals surface area (Å²) in [7, 11) is 0. The van der Waals surface area contributed by atoms with E-state index in [1.807, 2.05) is 37.3 Å².